The number of nitrogens with zero attached hydrogens (tertiary/aromatic N) is 1. The number of carbonyl (C=O) groups is 2. The molecule has 3 rings (SSSR count). The van der Waals surface area contributed by atoms with Gasteiger partial charge < -0.3 is 10.6 Å². The Kier molecular flexibility index (Phi) is 3.87. The summed E-state index contributed by atoms with van der Waals surface area (Å²) < 4.78 is 0. The molecule has 0 radical (unpaired) electrons. The summed E-state index contributed by atoms with van der Waals surface area (Å²) in [7, 11) is 0. The summed E-state index contributed by atoms with van der Waals surface area (Å²) in [5.74, 6) is -0.452. The van der Waals surface area contributed by atoms with Crippen LogP contribution in [0.2, 0.25) is 0 Å². The second-order valence-corrected chi connectivity index (χ2v) is 5.45. The zero-order valence-corrected chi connectivity index (χ0v) is 12.1. The van der Waals surface area contributed by atoms with Gasteiger partial charge in [-0.15, -0.1) is 0 Å². The van der Waals surface area contributed by atoms with E-state index in [1.807, 2.05) is 42.5 Å². The van der Waals surface area contributed by atoms with Crippen LogP contribution in [0.5, 0.6) is 0 Å². The van der Waals surface area contributed by atoms with Gasteiger partial charge >= 0.3 is 0 Å². The molecule has 0 saturated heterocycles. The molecule has 0 spiro atoms. The van der Waals surface area contributed by atoms with Gasteiger partial charge in [-0.2, -0.15) is 0 Å². The molecule has 0 bridgehead atoms. The Bertz CT molecular complexity index is 667. The molecule has 1 aromatic heterocycles. The quantitative estimate of drug-likeness (QED) is 0.830. The van der Waals surface area contributed by atoms with Crippen LogP contribution in [-0.4, -0.2) is 16.8 Å². The minimum atomic E-state index is -0.919. The van der Waals surface area contributed by atoms with Gasteiger partial charge in [0, 0.05) is 24.6 Å². The summed E-state index contributed by atoms with van der Waals surface area (Å²) in [4.78, 5) is 28.7. The smallest absolute Gasteiger partial charge is 0.240 e. The van der Waals surface area contributed by atoms with E-state index in [-0.39, 0.29) is 11.8 Å². The Labute approximate surface area is 128 Å². The molecule has 2 aromatic rings. The van der Waals surface area contributed by atoms with Gasteiger partial charge in [0.25, 0.3) is 0 Å². The Morgan fingerprint density at radius 2 is 1.82 bits per heavy atom. The molecule has 1 saturated carbocycles. The molecular weight excluding hydrogens is 278 g/mol. The minimum Gasteiger partial charge on any atom is -0.351 e. The molecule has 2 N–H and O–H groups in total. The lowest BCUT2D eigenvalue weighted by molar-refractivity contribution is -0.134. The van der Waals surface area contributed by atoms with E-state index in [0.717, 1.165) is 5.56 Å². The van der Waals surface area contributed by atoms with Crippen LogP contribution in [0.1, 0.15) is 18.4 Å². The van der Waals surface area contributed by atoms with Crippen molar-refractivity contribution < 1.29 is 9.59 Å². The number of aromatic nitrogens is 1. The second-order valence-electron chi connectivity index (χ2n) is 5.45. The van der Waals surface area contributed by atoms with Crippen LogP contribution in [0.25, 0.3) is 0 Å². The molecular formula is C17H17N3O2. The van der Waals surface area contributed by atoms with Crippen LogP contribution in [0.3, 0.4) is 0 Å². The highest BCUT2D eigenvalue weighted by atomic mass is 16.2. The molecule has 1 fully saturated rings. The number of para-hydroxylation sites is 1. The van der Waals surface area contributed by atoms with Crippen LogP contribution in [0, 0.1) is 5.41 Å². The number of hydrogen-bond donors (Lipinski definition) is 2. The summed E-state index contributed by atoms with van der Waals surface area (Å²) in [6.45, 7) is 0.382. The highest BCUT2D eigenvalue weighted by Gasteiger charge is 2.56. The predicted molar refractivity (Wildman–Crippen MR) is 82.8 cm³/mol. The normalized spacial score (nSPS) is 14.9. The number of rotatable bonds is 5. The lowest BCUT2D eigenvalue weighted by Crippen LogP contribution is -2.39. The summed E-state index contributed by atoms with van der Waals surface area (Å²) in [6, 6.07) is 12.9. The van der Waals surface area contributed by atoms with E-state index >= 15 is 0 Å². The molecule has 5 nitrogen and oxygen atoms in total. The maximum absolute atomic E-state index is 12.4. The Morgan fingerprint density at radius 3 is 2.45 bits per heavy atom. The van der Waals surface area contributed by atoms with Gasteiger partial charge in [0.05, 0.1) is 0 Å². The van der Waals surface area contributed by atoms with Gasteiger partial charge in [-0.1, -0.05) is 24.3 Å². The standard InChI is InChI=1S/C17H17N3O2/c21-15(19-12-13-5-4-10-18-11-13)17(8-9-17)16(22)20-14-6-2-1-3-7-14/h1-7,10-11H,8-9,12H2,(H,19,21)(H,20,22). The van der Waals surface area contributed by atoms with Crippen molar-refractivity contribution in [3.05, 3.63) is 60.4 Å². The predicted octanol–water partition coefficient (Wildman–Crippen LogP) is 2.12. The van der Waals surface area contributed by atoms with Crippen LogP contribution in [-0.2, 0) is 16.1 Å². The van der Waals surface area contributed by atoms with Gasteiger partial charge in [-0.05, 0) is 36.6 Å². The average Bonchev–Trinajstić information content (AvgIpc) is 3.36. The van der Waals surface area contributed by atoms with Crippen molar-refractivity contribution in [3.63, 3.8) is 0 Å². The fourth-order valence-corrected chi connectivity index (χ4v) is 2.31. The molecule has 22 heavy (non-hydrogen) atoms. The first-order valence-corrected chi connectivity index (χ1v) is 7.24. The molecule has 0 atom stereocenters. The highest BCUT2D eigenvalue weighted by molar-refractivity contribution is 6.13. The first kappa shape index (κ1) is 14.3. The van der Waals surface area contributed by atoms with E-state index in [4.69, 9.17) is 0 Å². The third-order valence-corrected chi connectivity index (χ3v) is 3.83. The Morgan fingerprint density at radius 1 is 1.05 bits per heavy atom. The Balaban J connectivity index is 1.60. The summed E-state index contributed by atoms with van der Waals surface area (Å²) in [6.07, 6.45) is 4.56. The van der Waals surface area contributed by atoms with E-state index in [1.165, 1.54) is 0 Å². The van der Waals surface area contributed by atoms with Crippen LogP contribution < -0.4 is 10.6 Å². The molecule has 0 aliphatic heterocycles. The van der Waals surface area contributed by atoms with Gasteiger partial charge in [0.1, 0.15) is 5.41 Å². The summed E-state index contributed by atoms with van der Waals surface area (Å²) >= 11 is 0. The van der Waals surface area contributed by atoms with Gasteiger partial charge in [-0.25, -0.2) is 0 Å². The SMILES string of the molecule is O=C(NCc1cccnc1)C1(C(=O)Nc2ccccc2)CC1. The first-order chi connectivity index (χ1) is 10.7. The van der Waals surface area contributed by atoms with E-state index < -0.39 is 5.41 Å². The lowest BCUT2D eigenvalue weighted by Gasteiger charge is -2.15. The topological polar surface area (TPSA) is 71.1 Å². The van der Waals surface area contributed by atoms with E-state index in [0.29, 0.717) is 25.1 Å². The van der Waals surface area contributed by atoms with Gasteiger partial charge in [-0.3, -0.25) is 14.6 Å². The fraction of sp³-hybridized carbons (Fsp3) is 0.235. The van der Waals surface area contributed by atoms with Crippen molar-refractivity contribution in [1.82, 2.24) is 10.3 Å². The number of hydrogen-bond acceptors (Lipinski definition) is 3. The van der Waals surface area contributed by atoms with E-state index in [1.54, 1.807) is 12.4 Å². The molecule has 112 valence electrons. The molecule has 2 amide bonds. The van der Waals surface area contributed by atoms with Crippen molar-refractivity contribution in [1.29, 1.82) is 0 Å². The summed E-state index contributed by atoms with van der Waals surface area (Å²) in [5.41, 5.74) is 0.701. The molecule has 1 aliphatic rings. The van der Waals surface area contributed by atoms with Crippen molar-refractivity contribution in [2.24, 2.45) is 5.41 Å². The second kappa shape index (κ2) is 5.97. The molecule has 0 unspecified atom stereocenters. The highest BCUT2D eigenvalue weighted by Crippen LogP contribution is 2.46. The van der Waals surface area contributed by atoms with E-state index in [9.17, 15) is 9.59 Å². The number of carbonyl (C=O) groups excluding carboxylic acids is 2. The van der Waals surface area contributed by atoms with Crippen LogP contribution in [0.4, 0.5) is 5.69 Å². The maximum Gasteiger partial charge on any atom is 0.240 e. The van der Waals surface area contributed by atoms with Gasteiger partial charge in [0.15, 0.2) is 0 Å². The monoisotopic (exact) mass is 295 g/mol. The van der Waals surface area contributed by atoms with E-state index in [2.05, 4.69) is 15.6 Å². The molecule has 5 heteroatoms. The van der Waals surface area contributed by atoms with Crippen molar-refractivity contribution in [2.45, 2.75) is 19.4 Å². The number of anilines is 1. The number of nitrogens with one attached hydrogen (secondary N) is 2. The molecule has 1 aliphatic carbocycles. The zero-order chi connectivity index (χ0) is 15.4. The number of benzene rings is 1. The van der Waals surface area contributed by atoms with Crippen LogP contribution >= 0.6 is 0 Å². The number of amides is 2. The average molecular weight is 295 g/mol. The summed E-state index contributed by atoms with van der Waals surface area (Å²) in [5, 5.41) is 5.64. The van der Waals surface area contributed by atoms with Crippen LogP contribution in [0.15, 0.2) is 54.9 Å². The maximum atomic E-state index is 12.4. The fourth-order valence-electron chi connectivity index (χ4n) is 2.31. The van der Waals surface area contributed by atoms with Crippen molar-refractivity contribution >= 4 is 17.5 Å². The Hall–Kier alpha value is -2.69. The van der Waals surface area contributed by atoms with Crippen molar-refractivity contribution in [2.75, 3.05) is 5.32 Å². The molecule has 1 heterocycles. The largest absolute Gasteiger partial charge is 0.351 e. The minimum absolute atomic E-state index is 0.218. The third-order valence-electron chi connectivity index (χ3n) is 3.83. The third kappa shape index (κ3) is 2.98. The zero-order valence-electron chi connectivity index (χ0n) is 12.1. The lowest BCUT2D eigenvalue weighted by atomic mass is 10.0. The molecule has 1 aromatic carbocycles. The number of pyridine rings is 1. The first-order valence-electron chi connectivity index (χ1n) is 7.24. The van der Waals surface area contributed by atoms with Gasteiger partial charge in [0.2, 0.25) is 11.8 Å². The van der Waals surface area contributed by atoms with Crippen molar-refractivity contribution in [3.8, 4) is 0 Å².